The molecule has 0 aliphatic rings. The highest BCUT2D eigenvalue weighted by atomic mass is 32.1. The van der Waals surface area contributed by atoms with Gasteiger partial charge in [-0.1, -0.05) is 6.07 Å². The average molecular weight is 246 g/mol. The van der Waals surface area contributed by atoms with E-state index >= 15 is 0 Å². The summed E-state index contributed by atoms with van der Waals surface area (Å²) in [6.07, 6.45) is 1.75. The van der Waals surface area contributed by atoms with Gasteiger partial charge in [-0.25, -0.2) is 4.98 Å². The van der Waals surface area contributed by atoms with Gasteiger partial charge in [-0.2, -0.15) is 9.50 Å². The lowest BCUT2D eigenvalue weighted by atomic mass is 10.3. The van der Waals surface area contributed by atoms with E-state index in [4.69, 9.17) is 4.74 Å². The molecule has 0 spiro atoms. The van der Waals surface area contributed by atoms with E-state index in [0.29, 0.717) is 18.2 Å². The molecule has 0 amide bonds. The summed E-state index contributed by atoms with van der Waals surface area (Å²) in [5.41, 5.74) is 1.000. The van der Waals surface area contributed by atoms with Crippen molar-refractivity contribution in [1.29, 1.82) is 0 Å². The van der Waals surface area contributed by atoms with Gasteiger partial charge in [0.1, 0.15) is 6.61 Å². The minimum absolute atomic E-state index is 0.396. The number of rotatable bonds is 3. The molecule has 3 aromatic rings. The second-order valence-corrected chi connectivity index (χ2v) is 4.43. The first-order chi connectivity index (χ1) is 8.38. The smallest absolute Gasteiger partial charge is 0.253 e. The predicted molar refractivity (Wildman–Crippen MR) is 64.8 cm³/mol. The minimum atomic E-state index is 0.396. The second-order valence-electron chi connectivity index (χ2n) is 3.48. The van der Waals surface area contributed by atoms with E-state index in [0.717, 1.165) is 10.6 Å². The van der Waals surface area contributed by atoms with Crippen molar-refractivity contribution in [2.45, 2.75) is 6.61 Å². The number of ether oxygens (including phenoxy) is 1. The van der Waals surface area contributed by atoms with Crippen molar-refractivity contribution >= 4 is 17.1 Å². The number of methoxy groups -OCH3 is 1. The van der Waals surface area contributed by atoms with Crippen molar-refractivity contribution in [2.75, 3.05) is 7.11 Å². The van der Waals surface area contributed by atoms with Crippen LogP contribution in [0, 0.1) is 0 Å². The zero-order valence-electron chi connectivity index (χ0n) is 9.20. The van der Waals surface area contributed by atoms with Crippen LogP contribution in [-0.4, -0.2) is 26.7 Å². The molecule has 3 heterocycles. The number of hydrogen-bond donors (Lipinski definition) is 0. The topological polar surface area (TPSA) is 52.3 Å². The number of aromatic nitrogens is 4. The van der Waals surface area contributed by atoms with E-state index in [1.807, 2.05) is 17.5 Å². The van der Waals surface area contributed by atoms with Crippen molar-refractivity contribution in [2.24, 2.45) is 0 Å². The molecular formula is C11H10N4OS. The molecule has 0 saturated heterocycles. The summed E-state index contributed by atoms with van der Waals surface area (Å²) in [6.45, 7) is 0.396. The minimum Gasteiger partial charge on any atom is -0.377 e. The van der Waals surface area contributed by atoms with E-state index in [2.05, 4.69) is 21.1 Å². The standard InChI is InChI=1S/C11H10N4OS/c1-16-7-10-13-11-12-5-4-8(15(11)14-10)9-3-2-6-17-9/h2-6H,7H2,1H3. The Labute approximate surface area is 102 Å². The van der Waals surface area contributed by atoms with Crippen LogP contribution in [0.4, 0.5) is 0 Å². The summed E-state index contributed by atoms with van der Waals surface area (Å²) >= 11 is 1.67. The summed E-state index contributed by atoms with van der Waals surface area (Å²) < 4.78 is 6.77. The van der Waals surface area contributed by atoms with Crippen LogP contribution in [0.1, 0.15) is 5.82 Å². The molecule has 0 aromatic carbocycles. The Morgan fingerprint density at radius 3 is 3.12 bits per heavy atom. The Kier molecular flexibility index (Phi) is 2.58. The molecule has 0 fully saturated rings. The van der Waals surface area contributed by atoms with Gasteiger partial charge in [-0.3, -0.25) is 0 Å². The lowest BCUT2D eigenvalue weighted by molar-refractivity contribution is 0.178. The summed E-state index contributed by atoms with van der Waals surface area (Å²) in [4.78, 5) is 9.63. The van der Waals surface area contributed by atoms with Gasteiger partial charge in [0.2, 0.25) is 0 Å². The molecule has 5 nitrogen and oxygen atoms in total. The van der Waals surface area contributed by atoms with Crippen molar-refractivity contribution < 1.29 is 4.74 Å². The maximum atomic E-state index is 5.02. The number of hydrogen-bond acceptors (Lipinski definition) is 5. The van der Waals surface area contributed by atoms with Crippen LogP contribution in [0.25, 0.3) is 16.3 Å². The highest BCUT2D eigenvalue weighted by Gasteiger charge is 2.09. The third kappa shape index (κ3) is 1.81. The monoisotopic (exact) mass is 246 g/mol. The zero-order chi connectivity index (χ0) is 11.7. The van der Waals surface area contributed by atoms with E-state index in [-0.39, 0.29) is 0 Å². The molecule has 0 aliphatic carbocycles. The molecule has 0 radical (unpaired) electrons. The molecule has 0 bridgehead atoms. The Morgan fingerprint density at radius 1 is 1.41 bits per heavy atom. The third-order valence-electron chi connectivity index (χ3n) is 2.33. The van der Waals surface area contributed by atoms with Crippen molar-refractivity contribution in [3.8, 4) is 10.6 Å². The van der Waals surface area contributed by atoms with Crippen LogP contribution >= 0.6 is 11.3 Å². The highest BCUT2D eigenvalue weighted by molar-refractivity contribution is 7.13. The molecule has 3 rings (SSSR count). The third-order valence-corrected chi connectivity index (χ3v) is 3.22. The summed E-state index contributed by atoms with van der Waals surface area (Å²) in [6, 6.07) is 6.00. The van der Waals surface area contributed by atoms with E-state index < -0.39 is 0 Å². The van der Waals surface area contributed by atoms with Crippen molar-refractivity contribution in [3.63, 3.8) is 0 Å². The fourth-order valence-corrected chi connectivity index (χ4v) is 2.37. The van der Waals surface area contributed by atoms with Gasteiger partial charge in [0.15, 0.2) is 5.82 Å². The molecule has 0 saturated carbocycles. The fourth-order valence-electron chi connectivity index (χ4n) is 1.64. The van der Waals surface area contributed by atoms with Crippen LogP contribution in [0.15, 0.2) is 29.8 Å². The molecular weight excluding hydrogens is 236 g/mol. The SMILES string of the molecule is COCc1nc2nccc(-c3cccs3)n2n1. The van der Waals surface area contributed by atoms with Gasteiger partial charge in [-0.05, 0) is 17.5 Å². The van der Waals surface area contributed by atoms with Gasteiger partial charge in [-0.15, -0.1) is 16.4 Å². The van der Waals surface area contributed by atoms with E-state index in [1.165, 1.54) is 0 Å². The fraction of sp³-hybridized carbons (Fsp3) is 0.182. The van der Waals surface area contributed by atoms with Crippen molar-refractivity contribution in [3.05, 3.63) is 35.6 Å². The second kappa shape index (κ2) is 4.23. The van der Waals surface area contributed by atoms with Crippen LogP contribution in [0.2, 0.25) is 0 Å². The largest absolute Gasteiger partial charge is 0.377 e. The summed E-state index contributed by atoms with van der Waals surface area (Å²) in [7, 11) is 1.62. The van der Waals surface area contributed by atoms with Gasteiger partial charge < -0.3 is 4.74 Å². The number of fused-ring (bicyclic) bond motifs is 1. The van der Waals surface area contributed by atoms with Gasteiger partial charge in [0.05, 0.1) is 10.6 Å². The van der Waals surface area contributed by atoms with Gasteiger partial charge >= 0.3 is 0 Å². The molecule has 3 aromatic heterocycles. The van der Waals surface area contributed by atoms with E-state index in [1.54, 1.807) is 29.2 Å². The first-order valence-corrected chi connectivity index (χ1v) is 6.00. The predicted octanol–water partition coefficient (Wildman–Crippen LogP) is 2.00. The van der Waals surface area contributed by atoms with E-state index in [9.17, 15) is 0 Å². The average Bonchev–Trinajstić information content (AvgIpc) is 2.97. The highest BCUT2D eigenvalue weighted by Crippen LogP contribution is 2.23. The number of thiophene rings is 1. The Hall–Kier alpha value is -1.79. The summed E-state index contributed by atoms with van der Waals surface area (Å²) in [5, 5.41) is 6.42. The molecule has 0 aliphatic heterocycles. The Balaban J connectivity index is 2.18. The molecule has 6 heteroatoms. The van der Waals surface area contributed by atoms with Crippen LogP contribution in [-0.2, 0) is 11.3 Å². The molecule has 17 heavy (non-hydrogen) atoms. The molecule has 0 atom stereocenters. The lowest BCUT2D eigenvalue weighted by Gasteiger charge is -1.99. The quantitative estimate of drug-likeness (QED) is 0.709. The normalized spacial score (nSPS) is 11.1. The summed E-state index contributed by atoms with van der Waals surface area (Å²) in [5.74, 6) is 1.24. The molecule has 86 valence electrons. The first kappa shape index (κ1) is 10.4. The Bertz CT molecular complexity index is 632. The zero-order valence-corrected chi connectivity index (χ0v) is 10.0. The Morgan fingerprint density at radius 2 is 2.35 bits per heavy atom. The van der Waals surface area contributed by atoms with Crippen LogP contribution in [0.5, 0.6) is 0 Å². The van der Waals surface area contributed by atoms with Crippen LogP contribution in [0.3, 0.4) is 0 Å². The molecule has 0 N–H and O–H groups in total. The van der Waals surface area contributed by atoms with Crippen LogP contribution < -0.4 is 0 Å². The maximum absolute atomic E-state index is 5.02. The van der Waals surface area contributed by atoms with Gasteiger partial charge in [0.25, 0.3) is 5.78 Å². The number of nitrogens with zero attached hydrogens (tertiary/aromatic N) is 4. The first-order valence-electron chi connectivity index (χ1n) is 5.12. The van der Waals surface area contributed by atoms with Crippen molar-refractivity contribution in [1.82, 2.24) is 19.6 Å². The maximum Gasteiger partial charge on any atom is 0.253 e. The molecule has 0 unspecified atom stereocenters. The lowest BCUT2D eigenvalue weighted by Crippen LogP contribution is -1.95. The van der Waals surface area contributed by atoms with Gasteiger partial charge in [0, 0.05) is 13.3 Å².